The molecule has 0 aliphatic heterocycles. The third-order valence-corrected chi connectivity index (χ3v) is 4.62. The molecule has 4 nitrogen and oxygen atoms in total. The summed E-state index contributed by atoms with van der Waals surface area (Å²) in [5.41, 5.74) is 2.61. The number of ether oxygens (including phenoxy) is 1. The molecule has 0 spiro atoms. The third-order valence-electron chi connectivity index (χ3n) is 3.55. The summed E-state index contributed by atoms with van der Waals surface area (Å²) in [6.45, 7) is 2.10. The number of para-hydroxylation sites is 1. The second-order valence-corrected chi connectivity index (χ2v) is 6.46. The molecule has 0 aliphatic carbocycles. The van der Waals surface area contributed by atoms with Crippen LogP contribution in [0.2, 0.25) is 0 Å². The molecule has 0 aliphatic rings. The fourth-order valence-electron chi connectivity index (χ4n) is 2.23. The summed E-state index contributed by atoms with van der Waals surface area (Å²) in [5.74, 6) is 0. The highest BCUT2D eigenvalue weighted by atomic mass is 32.2. The van der Waals surface area contributed by atoms with Gasteiger partial charge < -0.3 is 4.74 Å². The number of carbonyl (C=O) groups is 1. The number of amides is 1. The van der Waals surface area contributed by atoms with Crippen molar-refractivity contribution in [2.75, 3.05) is 5.32 Å². The van der Waals surface area contributed by atoms with Crippen LogP contribution in [0.25, 0.3) is 0 Å². The zero-order chi connectivity index (χ0) is 17.5. The highest BCUT2D eigenvalue weighted by Gasteiger charge is 2.10. The maximum absolute atomic E-state index is 12.0. The van der Waals surface area contributed by atoms with Gasteiger partial charge in [0, 0.05) is 22.3 Å². The molecule has 0 radical (unpaired) electrons. The molecule has 0 bridgehead atoms. The van der Waals surface area contributed by atoms with Gasteiger partial charge in [-0.3, -0.25) is 5.32 Å². The Morgan fingerprint density at radius 3 is 2.60 bits per heavy atom. The van der Waals surface area contributed by atoms with E-state index in [2.05, 4.69) is 10.3 Å². The Hall–Kier alpha value is -2.79. The van der Waals surface area contributed by atoms with Gasteiger partial charge in [0.05, 0.1) is 0 Å². The van der Waals surface area contributed by atoms with Crippen molar-refractivity contribution in [1.29, 1.82) is 0 Å². The minimum absolute atomic E-state index is 0.167. The maximum atomic E-state index is 12.0. The van der Waals surface area contributed by atoms with E-state index in [-0.39, 0.29) is 6.61 Å². The summed E-state index contributed by atoms with van der Waals surface area (Å²) in [5, 5.41) is 3.59. The van der Waals surface area contributed by atoms with E-state index in [4.69, 9.17) is 4.74 Å². The van der Waals surface area contributed by atoms with E-state index >= 15 is 0 Å². The zero-order valence-electron chi connectivity index (χ0n) is 13.8. The van der Waals surface area contributed by atoms with Crippen LogP contribution >= 0.6 is 11.8 Å². The Labute approximate surface area is 151 Å². The van der Waals surface area contributed by atoms with E-state index in [1.54, 1.807) is 18.0 Å². The van der Waals surface area contributed by atoms with Gasteiger partial charge in [-0.05, 0) is 36.8 Å². The van der Waals surface area contributed by atoms with Gasteiger partial charge in [0.15, 0.2) is 0 Å². The molecular formula is C20H18N2O2S. The maximum Gasteiger partial charge on any atom is 0.411 e. The summed E-state index contributed by atoms with van der Waals surface area (Å²) >= 11 is 1.55. The summed E-state index contributed by atoms with van der Waals surface area (Å²) in [6.07, 6.45) is 1.26. The number of carbonyl (C=O) groups excluding carboxylic acids is 1. The molecule has 1 aromatic heterocycles. The van der Waals surface area contributed by atoms with Crippen LogP contribution in [0, 0.1) is 6.92 Å². The average Bonchev–Trinajstić information content (AvgIpc) is 2.64. The van der Waals surface area contributed by atoms with Gasteiger partial charge in [-0.15, -0.1) is 0 Å². The lowest BCUT2D eigenvalue weighted by Crippen LogP contribution is -2.14. The number of aryl methyl sites for hydroxylation is 1. The molecule has 0 unspecified atom stereocenters. The van der Waals surface area contributed by atoms with Gasteiger partial charge in [-0.2, -0.15) is 0 Å². The van der Waals surface area contributed by atoms with Gasteiger partial charge in [0.2, 0.25) is 0 Å². The lowest BCUT2D eigenvalue weighted by atomic mass is 10.2. The Morgan fingerprint density at radius 1 is 1.04 bits per heavy atom. The first-order chi connectivity index (χ1) is 12.2. The molecule has 1 heterocycles. The average molecular weight is 350 g/mol. The minimum Gasteiger partial charge on any atom is -0.444 e. The Bertz CT molecular complexity index is 853. The SMILES string of the molecule is Cc1ccccc1NC(=O)OCc1cccnc1Sc1ccccc1. The molecule has 0 saturated carbocycles. The lowest BCUT2D eigenvalue weighted by molar-refractivity contribution is 0.154. The summed E-state index contributed by atoms with van der Waals surface area (Å²) < 4.78 is 5.36. The van der Waals surface area contributed by atoms with E-state index in [1.165, 1.54) is 0 Å². The van der Waals surface area contributed by atoms with Crippen molar-refractivity contribution in [3.8, 4) is 0 Å². The summed E-state index contributed by atoms with van der Waals surface area (Å²) in [7, 11) is 0. The molecule has 0 saturated heterocycles. The van der Waals surface area contributed by atoms with Gasteiger partial charge in [0.25, 0.3) is 0 Å². The first-order valence-corrected chi connectivity index (χ1v) is 8.70. The van der Waals surface area contributed by atoms with Crippen LogP contribution in [0.1, 0.15) is 11.1 Å². The number of aromatic nitrogens is 1. The van der Waals surface area contributed by atoms with Crippen molar-refractivity contribution in [2.45, 2.75) is 23.5 Å². The number of rotatable bonds is 5. The molecule has 5 heteroatoms. The standard InChI is InChI=1S/C20H18N2O2S/c1-15-8-5-6-12-18(15)22-20(23)24-14-16-9-7-13-21-19(16)25-17-10-3-2-4-11-17/h2-13H,14H2,1H3,(H,22,23). The number of anilines is 1. The highest BCUT2D eigenvalue weighted by molar-refractivity contribution is 7.99. The number of pyridine rings is 1. The third kappa shape index (κ3) is 4.84. The predicted molar refractivity (Wildman–Crippen MR) is 99.8 cm³/mol. The molecule has 25 heavy (non-hydrogen) atoms. The number of hydrogen-bond donors (Lipinski definition) is 1. The molecule has 2 aromatic carbocycles. The summed E-state index contributed by atoms with van der Waals surface area (Å²) in [6, 6.07) is 21.3. The molecule has 3 aromatic rings. The van der Waals surface area contributed by atoms with Crippen molar-refractivity contribution in [3.05, 3.63) is 84.1 Å². The Kier molecular flexibility index (Phi) is 5.69. The fourth-order valence-corrected chi connectivity index (χ4v) is 3.12. The van der Waals surface area contributed by atoms with Crippen LogP contribution in [-0.4, -0.2) is 11.1 Å². The first-order valence-electron chi connectivity index (χ1n) is 7.88. The number of nitrogens with one attached hydrogen (secondary N) is 1. The van der Waals surface area contributed by atoms with Crippen LogP contribution in [0.15, 0.2) is 82.8 Å². The van der Waals surface area contributed by atoms with Crippen LogP contribution < -0.4 is 5.32 Å². The molecule has 1 N–H and O–H groups in total. The minimum atomic E-state index is -0.478. The second-order valence-electron chi connectivity index (χ2n) is 5.40. The second kappa shape index (κ2) is 8.35. The van der Waals surface area contributed by atoms with Crippen molar-refractivity contribution in [2.24, 2.45) is 0 Å². The van der Waals surface area contributed by atoms with E-state index < -0.39 is 6.09 Å². The number of benzene rings is 2. The first kappa shape index (κ1) is 17.0. The van der Waals surface area contributed by atoms with Crippen LogP contribution in [0.3, 0.4) is 0 Å². The fraction of sp³-hybridized carbons (Fsp3) is 0.100. The van der Waals surface area contributed by atoms with Crippen LogP contribution in [-0.2, 0) is 11.3 Å². The van der Waals surface area contributed by atoms with E-state index in [1.807, 2.05) is 73.7 Å². The quantitative estimate of drug-likeness (QED) is 0.679. The van der Waals surface area contributed by atoms with Crippen molar-refractivity contribution in [3.63, 3.8) is 0 Å². The van der Waals surface area contributed by atoms with Gasteiger partial charge in [-0.25, -0.2) is 9.78 Å². The van der Waals surface area contributed by atoms with Crippen molar-refractivity contribution < 1.29 is 9.53 Å². The molecule has 0 fully saturated rings. The smallest absolute Gasteiger partial charge is 0.411 e. The predicted octanol–water partition coefficient (Wildman–Crippen LogP) is 5.29. The van der Waals surface area contributed by atoms with Gasteiger partial charge in [0.1, 0.15) is 11.6 Å². The monoisotopic (exact) mass is 350 g/mol. The zero-order valence-corrected chi connectivity index (χ0v) is 14.6. The van der Waals surface area contributed by atoms with Gasteiger partial charge >= 0.3 is 6.09 Å². The van der Waals surface area contributed by atoms with Crippen LogP contribution in [0.4, 0.5) is 10.5 Å². The molecule has 0 atom stereocenters. The number of nitrogens with zero attached hydrogens (tertiary/aromatic N) is 1. The normalized spacial score (nSPS) is 10.3. The topological polar surface area (TPSA) is 51.2 Å². The molecule has 126 valence electrons. The van der Waals surface area contributed by atoms with E-state index in [0.717, 1.165) is 26.7 Å². The number of hydrogen-bond acceptors (Lipinski definition) is 4. The Morgan fingerprint density at radius 2 is 1.80 bits per heavy atom. The lowest BCUT2D eigenvalue weighted by Gasteiger charge is -2.11. The van der Waals surface area contributed by atoms with Crippen molar-refractivity contribution >= 4 is 23.5 Å². The molecule has 3 rings (SSSR count). The largest absolute Gasteiger partial charge is 0.444 e. The highest BCUT2D eigenvalue weighted by Crippen LogP contribution is 2.28. The van der Waals surface area contributed by atoms with Crippen molar-refractivity contribution in [1.82, 2.24) is 4.98 Å². The van der Waals surface area contributed by atoms with Crippen LogP contribution in [0.5, 0.6) is 0 Å². The molecule has 1 amide bonds. The van der Waals surface area contributed by atoms with E-state index in [0.29, 0.717) is 0 Å². The van der Waals surface area contributed by atoms with Gasteiger partial charge in [-0.1, -0.05) is 54.2 Å². The summed E-state index contributed by atoms with van der Waals surface area (Å²) in [4.78, 5) is 17.5. The van der Waals surface area contributed by atoms with E-state index in [9.17, 15) is 4.79 Å². The molecular weight excluding hydrogens is 332 g/mol. The Balaban J connectivity index is 1.63.